The number of hydrogen-bond acceptors (Lipinski definition) is 6. The summed E-state index contributed by atoms with van der Waals surface area (Å²) in [6, 6.07) is 12.1. The maximum Gasteiger partial charge on any atom is 0.338 e. The second-order valence-electron chi connectivity index (χ2n) is 4.94. The summed E-state index contributed by atoms with van der Waals surface area (Å²) in [7, 11) is 1.57. The highest BCUT2D eigenvalue weighted by Gasteiger charge is 2.22. The average molecular weight is 312 g/mol. The number of nitrogens with zero attached hydrogens (tertiary/aromatic N) is 2. The molecule has 0 bridgehead atoms. The lowest BCUT2D eigenvalue weighted by molar-refractivity contribution is 0.0472. The van der Waals surface area contributed by atoms with Gasteiger partial charge in [0, 0.05) is 6.20 Å². The van der Waals surface area contributed by atoms with E-state index in [1.54, 1.807) is 37.6 Å². The SMILES string of the molecule is COc1ccc(C(=O)OC[C@@H]2COC(c3ccccn3)=N2)cc1. The number of rotatable bonds is 5. The zero-order valence-electron chi connectivity index (χ0n) is 12.6. The van der Waals surface area contributed by atoms with E-state index >= 15 is 0 Å². The molecule has 0 aliphatic carbocycles. The molecule has 0 unspecified atom stereocenters. The molecule has 6 heteroatoms. The van der Waals surface area contributed by atoms with Crippen molar-refractivity contribution >= 4 is 11.9 Å². The van der Waals surface area contributed by atoms with Crippen LogP contribution in [0.25, 0.3) is 0 Å². The first-order valence-corrected chi connectivity index (χ1v) is 7.19. The van der Waals surface area contributed by atoms with Gasteiger partial charge in [0.2, 0.25) is 5.90 Å². The third-order valence-electron chi connectivity index (χ3n) is 3.33. The lowest BCUT2D eigenvalue weighted by Crippen LogP contribution is -2.18. The summed E-state index contributed by atoms with van der Waals surface area (Å²) in [6.07, 6.45) is 1.68. The van der Waals surface area contributed by atoms with Crippen molar-refractivity contribution < 1.29 is 19.0 Å². The first kappa shape index (κ1) is 15.0. The highest BCUT2D eigenvalue weighted by molar-refractivity contribution is 5.93. The van der Waals surface area contributed by atoms with Crippen molar-refractivity contribution in [3.63, 3.8) is 0 Å². The van der Waals surface area contributed by atoms with Gasteiger partial charge in [-0.05, 0) is 36.4 Å². The Bertz CT molecular complexity index is 698. The first-order chi connectivity index (χ1) is 11.3. The molecule has 1 aliphatic heterocycles. The summed E-state index contributed by atoms with van der Waals surface area (Å²) in [5.41, 5.74) is 1.15. The van der Waals surface area contributed by atoms with Crippen molar-refractivity contribution in [1.82, 2.24) is 4.98 Å². The van der Waals surface area contributed by atoms with Crippen LogP contribution >= 0.6 is 0 Å². The molecule has 6 nitrogen and oxygen atoms in total. The number of benzene rings is 1. The summed E-state index contributed by atoms with van der Waals surface area (Å²) < 4.78 is 15.8. The van der Waals surface area contributed by atoms with E-state index in [9.17, 15) is 4.79 Å². The molecule has 118 valence electrons. The Hall–Kier alpha value is -2.89. The number of aromatic nitrogens is 1. The Balaban J connectivity index is 1.56. The second-order valence-corrected chi connectivity index (χ2v) is 4.94. The maximum absolute atomic E-state index is 12.0. The normalized spacial score (nSPS) is 16.4. The largest absolute Gasteiger partial charge is 0.497 e. The van der Waals surface area contributed by atoms with E-state index in [1.165, 1.54) is 0 Å². The van der Waals surface area contributed by atoms with E-state index in [4.69, 9.17) is 14.2 Å². The Morgan fingerprint density at radius 3 is 2.78 bits per heavy atom. The number of pyridine rings is 1. The van der Waals surface area contributed by atoms with Crippen LogP contribution in [-0.4, -0.2) is 43.2 Å². The quantitative estimate of drug-likeness (QED) is 0.791. The lowest BCUT2D eigenvalue weighted by Gasteiger charge is -2.07. The summed E-state index contributed by atoms with van der Waals surface area (Å²) in [4.78, 5) is 20.6. The zero-order valence-corrected chi connectivity index (χ0v) is 12.6. The number of carbonyl (C=O) groups excluding carboxylic acids is 1. The van der Waals surface area contributed by atoms with Gasteiger partial charge in [-0.2, -0.15) is 0 Å². The van der Waals surface area contributed by atoms with E-state index in [2.05, 4.69) is 9.98 Å². The zero-order chi connectivity index (χ0) is 16.1. The van der Waals surface area contributed by atoms with Crippen LogP contribution in [0.4, 0.5) is 0 Å². The van der Waals surface area contributed by atoms with E-state index < -0.39 is 5.97 Å². The van der Waals surface area contributed by atoms with Gasteiger partial charge in [-0.25, -0.2) is 9.79 Å². The molecule has 0 saturated carbocycles. The Labute approximate surface area is 133 Å². The van der Waals surface area contributed by atoms with Gasteiger partial charge in [-0.3, -0.25) is 4.98 Å². The van der Waals surface area contributed by atoms with Crippen molar-refractivity contribution in [2.45, 2.75) is 6.04 Å². The minimum Gasteiger partial charge on any atom is -0.497 e. The molecular weight excluding hydrogens is 296 g/mol. The minimum atomic E-state index is -0.394. The van der Waals surface area contributed by atoms with Crippen molar-refractivity contribution in [1.29, 1.82) is 0 Å². The van der Waals surface area contributed by atoms with Crippen LogP contribution in [0, 0.1) is 0 Å². The Morgan fingerprint density at radius 2 is 2.09 bits per heavy atom. The van der Waals surface area contributed by atoms with Gasteiger partial charge >= 0.3 is 5.97 Å². The molecule has 0 spiro atoms. The molecule has 0 amide bonds. The van der Waals surface area contributed by atoms with Gasteiger partial charge in [0.25, 0.3) is 0 Å². The molecule has 2 heterocycles. The molecule has 1 aliphatic rings. The van der Waals surface area contributed by atoms with E-state index in [0.29, 0.717) is 29.5 Å². The lowest BCUT2D eigenvalue weighted by atomic mass is 10.2. The molecule has 3 rings (SSSR count). The van der Waals surface area contributed by atoms with E-state index in [-0.39, 0.29) is 12.6 Å². The van der Waals surface area contributed by atoms with Gasteiger partial charge in [0.1, 0.15) is 30.7 Å². The summed E-state index contributed by atoms with van der Waals surface area (Å²) in [5, 5.41) is 0. The van der Waals surface area contributed by atoms with Crippen LogP contribution in [-0.2, 0) is 9.47 Å². The van der Waals surface area contributed by atoms with Gasteiger partial charge in [-0.15, -0.1) is 0 Å². The number of hydrogen-bond donors (Lipinski definition) is 0. The number of carbonyl (C=O) groups is 1. The third-order valence-corrected chi connectivity index (χ3v) is 3.33. The average Bonchev–Trinajstić information content (AvgIpc) is 3.09. The van der Waals surface area contributed by atoms with Crippen LogP contribution in [0.2, 0.25) is 0 Å². The third kappa shape index (κ3) is 3.66. The standard InChI is InChI=1S/C17H16N2O4/c1-21-14-7-5-12(6-8-14)17(20)23-11-13-10-22-16(19-13)15-4-2-3-9-18-15/h2-9,13H,10-11H2,1H3/t13-/m0/s1. The van der Waals surface area contributed by atoms with Crippen LogP contribution in [0.15, 0.2) is 53.7 Å². The van der Waals surface area contributed by atoms with Crippen LogP contribution < -0.4 is 4.74 Å². The van der Waals surface area contributed by atoms with Crippen LogP contribution in [0.3, 0.4) is 0 Å². The molecule has 0 saturated heterocycles. The number of esters is 1. The molecule has 0 N–H and O–H groups in total. The topological polar surface area (TPSA) is 70.0 Å². The Kier molecular flexibility index (Phi) is 4.52. The molecule has 23 heavy (non-hydrogen) atoms. The molecular formula is C17H16N2O4. The number of ether oxygens (including phenoxy) is 3. The van der Waals surface area contributed by atoms with E-state index in [0.717, 1.165) is 0 Å². The fourth-order valence-electron chi connectivity index (χ4n) is 2.11. The van der Waals surface area contributed by atoms with Crippen molar-refractivity contribution in [2.24, 2.45) is 4.99 Å². The predicted molar refractivity (Wildman–Crippen MR) is 83.8 cm³/mol. The van der Waals surface area contributed by atoms with Gasteiger partial charge < -0.3 is 14.2 Å². The monoisotopic (exact) mass is 312 g/mol. The molecule has 0 radical (unpaired) electrons. The summed E-state index contributed by atoms with van der Waals surface area (Å²) >= 11 is 0. The van der Waals surface area contributed by atoms with Crippen molar-refractivity contribution in [3.05, 3.63) is 59.9 Å². The second kappa shape index (κ2) is 6.91. The van der Waals surface area contributed by atoms with E-state index in [1.807, 2.05) is 18.2 Å². The number of methoxy groups -OCH3 is 1. The Morgan fingerprint density at radius 1 is 1.26 bits per heavy atom. The minimum absolute atomic E-state index is 0.168. The highest BCUT2D eigenvalue weighted by Crippen LogP contribution is 2.14. The summed E-state index contributed by atoms with van der Waals surface area (Å²) in [6.45, 7) is 0.545. The van der Waals surface area contributed by atoms with Gasteiger partial charge in [-0.1, -0.05) is 6.07 Å². The molecule has 0 fully saturated rings. The fourth-order valence-corrected chi connectivity index (χ4v) is 2.11. The molecule has 1 aromatic carbocycles. The molecule has 1 atom stereocenters. The highest BCUT2D eigenvalue weighted by atomic mass is 16.5. The number of aliphatic imine (C=N–C) groups is 1. The smallest absolute Gasteiger partial charge is 0.338 e. The van der Waals surface area contributed by atoms with Crippen LogP contribution in [0.5, 0.6) is 5.75 Å². The fraction of sp³-hybridized carbons (Fsp3) is 0.235. The van der Waals surface area contributed by atoms with Crippen molar-refractivity contribution in [2.75, 3.05) is 20.3 Å². The van der Waals surface area contributed by atoms with Gasteiger partial charge in [0.05, 0.1) is 12.7 Å². The predicted octanol–water partition coefficient (Wildman–Crippen LogP) is 2.09. The summed E-state index contributed by atoms with van der Waals surface area (Å²) in [5.74, 6) is 0.778. The molecule has 2 aromatic rings. The van der Waals surface area contributed by atoms with Crippen molar-refractivity contribution in [3.8, 4) is 5.75 Å². The first-order valence-electron chi connectivity index (χ1n) is 7.19. The van der Waals surface area contributed by atoms with Crippen LogP contribution in [0.1, 0.15) is 16.1 Å². The maximum atomic E-state index is 12.0. The van der Waals surface area contributed by atoms with Gasteiger partial charge in [0.15, 0.2) is 0 Å². The molecule has 1 aromatic heterocycles.